The van der Waals surface area contributed by atoms with Gasteiger partial charge in [0.1, 0.15) is 17.6 Å². The van der Waals surface area contributed by atoms with Crippen molar-refractivity contribution < 1.29 is 14.3 Å². The highest BCUT2D eigenvalue weighted by molar-refractivity contribution is 8.00. The molecule has 3 heterocycles. The number of imide groups is 1. The number of hydrogen-bond acceptors (Lipinski definition) is 6. The molecule has 1 aromatic heterocycles. The largest absolute Gasteiger partial charge is 0.489 e. The number of aromatic amines is 1. The lowest BCUT2D eigenvalue weighted by Gasteiger charge is -2.29. The molecule has 4 aromatic rings. The summed E-state index contributed by atoms with van der Waals surface area (Å²) in [6.07, 6.45) is 0. The van der Waals surface area contributed by atoms with Crippen molar-refractivity contribution in [2.75, 3.05) is 4.90 Å². The van der Waals surface area contributed by atoms with Gasteiger partial charge in [-0.2, -0.15) is 0 Å². The van der Waals surface area contributed by atoms with E-state index in [1.165, 1.54) is 22.2 Å². The number of anilines is 1. The van der Waals surface area contributed by atoms with Crippen molar-refractivity contribution >= 4 is 40.6 Å². The molecule has 2 aliphatic rings. The maximum absolute atomic E-state index is 13.7. The number of nitrogens with one attached hydrogen (secondary N) is 1. The van der Waals surface area contributed by atoms with E-state index < -0.39 is 17.1 Å². The number of hydrogen-bond donors (Lipinski definition) is 1. The average molecular weight is 515 g/mol. The topological polar surface area (TPSA) is 79.5 Å². The summed E-state index contributed by atoms with van der Waals surface area (Å²) in [6.45, 7) is 2.51. The minimum atomic E-state index is -0.600. The van der Waals surface area contributed by atoms with Gasteiger partial charge in [-0.05, 0) is 47.9 Å². The first-order valence-corrected chi connectivity index (χ1v) is 13.3. The number of carbonyl (C=O) groups excluding carboxylic acids is 2. The Hall–Kier alpha value is -3.62. The van der Waals surface area contributed by atoms with E-state index in [1.54, 1.807) is 12.1 Å². The third-order valence-electron chi connectivity index (χ3n) is 6.73. The first-order chi connectivity index (χ1) is 17.5. The van der Waals surface area contributed by atoms with Crippen LogP contribution in [-0.2, 0) is 16.2 Å². The first kappa shape index (κ1) is 22.8. The number of thioether (sulfide) groups is 1. The summed E-state index contributed by atoms with van der Waals surface area (Å²) in [5.74, 6) is -0.765. The lowest BCUT2D eigenvalue weighted by Crippen LogP contribution is -2.32. The second kappa shape index (κ2) is 9.11. The molecular weight excluding hydrogens is 492 g/mol. The smallest absolute Gasteiger partial charge is 0.305 e. The van der Waals surface area contributed by atoms with Crippen LogP contribution in [0.5, 0.6) is 5.75 Å². The van der Waals surface area contributed by atoms with E-state index in [-0.39, 0.29) is 16.7 Å². The number of H-pyrrole nitrogens is 1. The third-order valence-corrected chi connectivity index (χ3v) is 9.13. The van der Waals surface area contributed by atoms with Crippen molar-refractivity contribution in [2.45, 2.75) is 29.7 Å². The van der Waals surface area contributed by atoms with Crippen molar-refractivity contribution in [1.82, 2.24) is 4.98 Å². The Labute approximate surface area is 215 Å². The Morgan fingerprint density at radius 2 is 1.61 bits per heavy atom. The molecule has 2 amide bonds. The molecule has 0 unspecified atom stereocenters. The predicted molar refractivity (Wildman–Crippen MR) is 141 cm³/mol. The number of benzene rings is 3. The highest BCUT2D eigenvalue weighted by Crippen LogP contribution is 2.53. The maximum atomic E-state index is 13.7. The summed E-state index contributed by atoms with van der Waals surface area (Å²) >= 11 is 2.40. The fourth-order valence-electron chi connectivity index (χ4n) is 4.91. The molecule has 0 radical (unpaired) electrons. The summed E-state index contributed by atoms with van der Waals surface area (Å²) in [6, 6.07) is 24.7. The number of rotatable bonds is 5. The standard InChI is InChI=1S/C28H22N2O4S2/c1-16-7-5-6-8-18(16)15-34-20-13-11-17(12-14-20)21-22-24(35-25-23(21)36-28(33)29-25)27(32)30(26(22)31)19-9-3-2-4-10-19/h2-14,21-22,24H,15H2,1H3,(H,29,33)/t21-,22-,24+/m0/s1. The Bertz CT molecular complexity index is 1510. The van der Waals surface area contributed by atoms with Crippen molar-refractivity contribution in [1.29, 1.82) is 0 Å². The van der Waals surface area contributed by atoms with Gasteiger partial charge in [-0.1, -0.05) is 77.7 Å². The zero-order chi connectivity index (χ0) is 24.8. The number of aromatic nitrogens is 1. The van der Waals surface area contributed by atoms with Crippen molar-refractivity contribution in [3.05, 3.63) is 110 Å². The molecule has 36 heavy (non-hydrogen) atoms. The van der Waals surface area contributed by atoms with Gasteiger partial charge in [-0.3, -0.25) is 14.4 Å². The Morgan fingerprint density at radius 1 is 0.889 bits per heavy atom. The quantitative estimate of drug-likeness (QED) is 0.374. The zero-order valence-corrected chi connectivity index (χ0v) is 21.0. The molecule has 1 saturated heterocycles. The fourth-order valence-corrected chi connectivity index (χ4v) is 7.43. The average Bonchev–Trinajstić information content (AvgIpc) is 3.38. The van der Waals surface area contributed by atoms with Crippen LogP contribution in [0.3, 0.4) is 0 Å². The van der Waals surface area contributed by atoms with Gasteiger partial charge in [0.15, 0.2) is 0 Å². The van der Waals surface area contributed by atoms with E-state index in [0.29, 0.717) is 23.1 Å². The lowest BCUT2D eigenvalue weighted by molar-refractivity contribution is -0.122. The monoisotopic (exact) mass is 514 g/mol. The Balaban J connectivity index is 1.33. The van der Waals surface area contributed by atoms with Crippen LogP contribution in [0.15, 0.2) is 88.7 Å². The molecule has 0 aliphatic carbocycles. The van der Waals surface area contributed by atoms with Crippen LogP contribution in [0.1, 0.15) is 27.5 Å². The van der Waals surface area contributed by atoms with Gasteiger partial charge in [0.05, 0.1) is 16.6 Å². The molecule has 3 aromatic carbocycles. The molecule has 0 bridgehead atoms. The van der Waals surface area contributed by atoms with Crippen LogP contribution in [0.2, 0.25) is 0 Å². The summed E-state index contributed by atoms with van der Waals surface area (Å²) in [5, 5.41) is 0.0737. The summed E-state index contributed by atoms with van der Waals surface area (Å²) in [4.78, 5) is 44.2. The fraction of sp³-hybridized carbons (Fsp3) is 0.179. The van der Waals surface area contributed by atoms with Crippen LogP contribution >= 0.6 is 23.1 Å². The number of aryl methyl sites for hydroxylation is 1. The van der Waals surface area contributed by atoms with Gasteiger partial charge in [-0.25, -0.2) is 4.90 Å². The molecule has 3 atom stereocenters. The van der Waals surface area contributed by atoms with E-state index >= 15 is 0 Å². The van der Waals surface area contributed by atoms with E-state index in [1.807, 2.05) is 60.7 Å². The molecule has 2 aliphatic heterocycles. The first-order valence-electron chi connectivity index (χ1n) is 11.6. The molecular formula is C28H22N2O4S2. The van der Waals surface area contributed by atoms with E-state index in [4.69, 9.17) is 4.74 Å². The number of amides is 2. The maximum Gasteiger partial charge on any atom is 0.305 e. The van der Waals surface area contributed by atoms with Crippen molar-refractivity contribution in [2.24, 2.45) is 5.92 Å². The van der Waals surface area contributed by atoms with Crippen LogP contribution in [0.25, 0.3) is 0 Å². The molecule has 6 rings (SSSR count). The number of thiazole rings is 1. The highest BCUT2D eigenvalue weighted by atomic mass is 32.2. The number of carbonyl (C=O) groups is 2. The second-order valence-electron chi connectivity index (χ2n) is 8.88. The van der Waals surface area contributed by atoms with E-state index in [9.17, 15) is 14.4 Å². The number of ether oxygens (including phenoxy) is 1. The van der Waals surface area contributed by atoms with Crippen LogP contribution < -0.4 is 14.5 Å². The Morgan fingerprint density at radius 3 is 2.36 bits per heavy atom. The number of nitrogens with zero attached hydrogens (tertiary/aromatic N) is 1. The van der Waals surface area contributed by atoms with Gasteiger partial charge >= 0.3 is 4.87 Å². The predicted octanol–water partition coefficient (Wildman–Crippen LogP) is 5.12. The lowest BCUT2D eigenvalue weighted by atomic mass is 9.83. The van der Waals surface area contributed by atoms with Crippen molar-refractivity contribution in [3.63, 3.8) is 0 Å². The van der Waals surface area contributed by atoms with E-state index in [0.717, 1.165) is 27.3 Å². The molecule has 180 valence electrons. The van der Waals surface area contributed by atoms with Crippen LogP contribution in [0, 0.1) is 12.8 Å². The normalized spacial score (nSPS) is 20.8. The Kier molecular flexibility index (Phi) is 5.78. The summed E-state index contributed by atoms with van der Waals surface area (Å²) in [5.41, 5.74) is 3.73. The number of fused-ring (bicyclic) bond motifs is 2. The van der Waals surface area contributed by atoms with Gasteiger partial charge in [0.2, 0.25) is 11.8 Å². The zero-order valence-electron chi connectivity index (χ0n) is 19.3. The van der Waals surface area contributed by atoms with Gasteiger partial charge in [0.25, 0.3) is 0 Å². The minimum Gasteiger partial charge on any atom is -0.489 e. The summed E-state index contributed by atoms with van der Waals surface area (Å²) in [7, 11) is 0. The molecule has 1 N–H and O–H groups in total. The summed E-state index contributed by atoms with van der Waals surface area (Å²) < 4.78 is 6.00. The second-order valence-corrected chi connectivity index (χ2v) is 11.0. The van der Waals surface area contributed by atoms with Crippen molar-refractivity contribution in [3.8, 4) is 5.75 Å². The SMILES string of the molecule is Cc1ccccc1COc1ccc([C@@H]2c3sc(=O)[nH]c3S[C@H]3C(=O)N(c4ccccc4)C(=O)[C@@H]23)cc1. The number of para-hydroxylation sites is 1. The molecule has 1 fully saturated rings. The minimum absolute atomic E-state index is 0.185. The van der Waals surface area contributed by atoms with Gasteiger partial charge in [0, 0.05) is 10.8 Å². The van der Waals surface area contributed by atoms with Crippen LogP contribution in [-0.4, -0.2) is 22.0 Å². The van der Waals surface area contributed by atoms with Gasteiger partial charge in [-0.15, -0.1) is 0 Å². The molecule has 8 heteroatoms. The van der Waals surface area contributed by atoms with E-state index in [2.05, 4.69) is 18.0 Å². The molecule has 0 saturated carbocycles. The highest BCUT2D eigenvalue weighted by Gasteiger charge is 2.56. The van der Waals surface area contributed by atoms with Crippen LogP contribution in [0.4, 0.5) is 5.69 Å². The molecule has 6 nitrogen and oxygen atoms in total. The van der Waals surface area contributed by atoms with Gasteiger partial charge < -0.3 is 9.72 Å². The third kappa shape index (κ3) is 3.86. The molecule has 0 spiro atoms.